The van der Waals surface area contributed by atoms with Crippen molar-refractivity contribution in [3.05, 3.63) is 12.4 Å². The minimum absolute atomic E-state index is 0.0127. The van der Waals surface area contributed by atoms with Crippen molar-refractivity contribution in [3.63, 3.8) is 0 Å². The van der Waals surface area contributed by atoms with Gasteiger partial charge in [-0.25, -0.2) is 0 Å². The SMILES string of the molecule is O=C(O)CCCC(=O)Nc1cn[nH]c1. The van der Waals surface area contributed by atoms with Crippen molar-refractivity contribution in [2.75, 3.05) is 5.32 Å². The Balaban J connectivity index is 2.20. The van der Waals surface area contributed by atoms with Gasteiger partial charge in [-0.2, -0.15) is 5.10 Å². The van der Waals surface area contributed by atoms with Crippen molar-refractivity contribution in [1.29, 1.82) is 0 Å². The highest BCUT2D eigenvalue weighted by Crippen LogP contribution is 2.03. The van der Waals surface area contributed by atoms with Crippen LogP contribution >= 0.6 is 0 Å². The molecule has 0 fully saturated rings. The summed E-state index contributed by atoms with van der Waals surface area (Å²) in [7, 11) is 0. The van der Waals surface area contributed by atoms with Crippen molar-refractivity contribution in [2.24, 2.45) is 0 Å². The van der Waals surface area contributed by atoms with Gasteiger partial charge in [-0.1, -0.05) is 0 Å². The first-order valence-electron chi connectivity index (χ1n) is 4.19. The molecule has 0 radical (unpaired) electrons. The number of carbonyl (C=O) groups excluding carboxylic acids is 1. The van der Waals surface area contributed by atoms with Crippen molar-refractivity contribution in [3.8, 4) is 0 Å². The molecule has 1 heterocycles. The maximum Gasteiger partial charge on any atom is 0.303 e. The van der Waals surface area contributed by atoms with Gasteiger partial charge in [-0.15, -0.1) is 0 Å². The number of aromatic amines is 1. The number of aliphatic carboxylic acids is 1. The fourth-order valence-corrected chi connectivity index (χ4v) is 0.943. The van der Waals surface area contributed by atoms with Gasteiger partial charge in [-0.05, 0) is 6.42 Å². The van der Waals surface area contributed by atoms with E-state index in [9.17, 15) is 9.59 Å². The summed E-state index contributed by atoms with van der Waals surface area (Å²) >= 11 is 0. The molecule has 0 bridgehead atoms. The number of amides is 1. The van der Waals surface area contributed by atoms with E-state index >= 15 is 0 Å². The molecule has 1 rings (SSSR count). The lowest BCUT2D eigenvalue weighted by atomic mass is 10.2. The fraction of sp³-hybridized carbons (Fsp3) is 0.375. The maximum absolute atomic E-state index is 11.1. The zero-order valence-corrected chi connectivity index (χ0v) is 7.49. The molecule has 0 saturated heterocycles. The van der Waals surface area contributed by atoms with Crippen LogP contribution in [0.3, 0.4) is 0 Å². The van der Waals surface area contributed by atoms with Gasteiger partial charge in [0.15, 0.2) is 0 Å². The summed E-state index contributed by atoms with van der Waals surface area (Å²) in [6.07, 6.45) is 3.60. The molecule has 1 amide bonds. The van der Waals surface area contributed by atoms with E-state index in [2.05, 4.69) is 15.5 Å². The van der Waals surface area contributed by atoms with Gasteiger partial charge in [-0.3, -0.25) is 14.7 Å². The molecule has 1 aromatic rings. The molecule has 0 aromatic carbocycles. The van der Waals surface area contributed by atoms with Gasteiger partial charge in [0.25, 0.3) is 0 Å². The minimum atomic E-state index is -0.888. The molecule has 0 aliphatic rings. The van der Waals surface area contributed by atoms with Crippen molar-refractivity contribution >= 4 is 17.6 Å². The lowest BCUT2D eigenvalue weighted by Gasteiger charge is -1.99. The van der Waals surface area contributed by atoms with Crippen LogP contribution in [0.4, 0.5) is 5.69 Å². The molecule has 76 valence electrons. The van der Waals surface area contributed by atoms with E-state index in [0.717, 1.165) is 0 Å². The van der Waals surface area contributed by atoms with Crippen LogP contribution in [0.2, 0.25) is 0 Å². The number of H-pyrrole nitrogens is 1. The lowest BCUT2D eigenvalue weighted by Crippen LogP contribution is -2.11. The highest BCUT2D eigenvalue weighted by Gasteiger charge is 2.04. The summed E-state index contributed by atoms with van der Waals surface area (Å²) in [5.74, 6) is -1.09. The summed E-state index contributed by atoms with van der Waals surface area (Å²) in [6.45, 7) is 0. The average Bonchev–Trinajstić information content (AvgIpc) is 2.56. The standard InChI is InChI=1S/C8H11N3O3/c12-7(2-1-3-8(13)14)11-6-4-9-10-5-6/h4-5H,1-3H2,(H,9,10)(H,11,12)(H,13,14). The lowest BCUT2D eigenvalue weighted by molar-refractivity contribution is -0.137. The summed E-state index contributed by atoms with van der Waals surface area (Å²) in [5.41, 5.74) is 0.588. The van der Waals surface area contributed by atoms with Gasteiger partial charge in [0, 0.05) is 19.0 Å². The second-order valence-corrected chi connectivity index (χ2v) is 2.78. The quantitative estimate of drug-likeness (QED) is 0.644. The van der Waals surface area contributed by atoms with Gasteiger partial charge >= 0.3 is 5.97 Å². The third-order valence-corrected chi connectivity index (χ3v) is 1.58. The molecule has 0 aliphatic heterocycles. The Morgan fingerprint density at radius 2 is 2.29 bits per heavy atom. The van der Waals surface area contributed by atoms with Crippen LogP contribution in [-0.4, -0.2) is 27.2 Å². The van der Waals surface area contributed by atoms with Gasteiger partial charge in [0.2, 0.25) is 5.91 Å². The van der Waals surface area contributed by atoms with Gasteiger partial charge in [0.05, 0.1) is 11.9 Å². The average molecular weight is 197 g/mol. The van der Waals surface area contributed by atoms with Crippen LogP contribution in [0.25, 0.3) is 0 Å². The van der Waals surface area contributed by atoms with Crippen molar-refractivity contribution in [1.82, 2.24) is 10.2 Å². The third-order valence-electron chi connectivity index (χ3n) is 1.58. The second-order valence-electron chi connectivity index (χ2n) is 2.78. The van der Waals surface area contributed by atoms with Crippen LogP contribution in [0.1, 0.15) is 19.3 Å². The summed E-state index contributed by atoms with van der Waals surface area (Å²) in [6, 6.07) is 0. The van der Waals surface area contributed by atoms with Crippen molar-refractivity contribution < 1.29 is 14.7 Å². The number of hydrogen-bond acceptors (Lipinski definition) is 3. The highest BCUT2D eigenvalue weighted by atomic mass is 16.4. The number of carbonyl (C=O) groups is 2. The second kappa shape index (κ2) is 5.00. The molecule has 3 N–H and O–H groups in total. The number of nitrogens with one attached hydrogen (secondary N) is 2. The molecular weight excluding hydrogens is 186 g/mol. The van der Waals surface area contributed by atoms with Crippen LogP contribution < -0.4 is 5.32 Å². The monoisotopic (exact) mass is 197 g/mol. The first-order valence-corrected chi connectivity index (χ1v) is 4.19. The normalized spacial score (nSPS) is 9.71. The summed E-state index contributed by atoms with van der Waals surface area (Å²) in [5, 5.41) is 17.1. The zero-order chi connectivity index (χ0) is 10.4. The maximum atomic E-state index is 11.1. The number of rotatable bonds is 5. The third kappa shape index (κ3) is 3.70. The highest BCUT2D eigenvalue weighted by molar-refractivity contribution is 5.90. The first-order chi connectivity index (χ1) is 6.68. The Morgan fingerprint density at radius 3 is 2.86 bits per heavy atom. The van der Waals surface area contributed by atoms with E-state index in [1.165, 1.54) is 6.20 Å². The Bertz CT molecular complexity index is 308. The van der Waals surface area contributed by atoms with E-state index in [4.69, 9.17) is 5.11 Å². The smallest absolute Gasteiger partial charge is 0.303 e. The Hall–Kier alpha value is -1.85. The molecule has 1 aromatic heterocycles. The molecule has 6 heteroatoms. The van der Waals surface area contributed by atoms with E-state index in [1.807, 2.05) is 0 Å². The van der Waals surface area contributed by atoms with Gasteiger partial charge in [0.1, 0.15) is 0 Å². The number of hydrogen-bond donors (Lipinski definition) is 3. The van der Waals surface area contributed by atoms with Crippen LogP contribution in [0.5, 0.6) is 0 Å². The van der Waals surface area contributed by atoms with E-state index < -0.39 is 5.97 Å². The molecule has 14 heavy (non-hydrogen) atoms. The predicted octanol–water partition coefficient (Wildman–Crippen LogP) is 0.603. The number of carboxylic acids is 1. The Labute approximate surface area is 80.3 Å². The number of nitrogens with zero attached hydrogens (tertiary/aromatic N) is 1. The Morgan fingerprint density at radius 1 is 1.50 bits per heavy atom. The molecule has 0 aliphatic carbocycles. The molecule has 0 spiro atoms. The summed E-state index contributed by atoms with van der Waals surface area (Å²) < 4.78 is 0. The van der Waals surface area contributed by atoms with Crippen molar-refractivity contribution in [2.45, 2.75) is 19.3 Å². The fourth-order valence-electron chi connectivity index (χ4n) is 0.943. The first kappa shape index (κ1) is 10.2. The largest absolute Gasteiger partial charge is 0.481 e. The molecule has 6 nitrogen and oxygen atoms in total. The van der Waals surface area contributed by atoms with Crippen LogP contribution in [0.15, 0.2) is 12.4 Å². The van der Waals surface area contributed by atoms with E-state index in [0.29, 0.717) is 12.1 Å². The number of aromatic nitrogens is 2. The minimum Gasteiger partial charge on any atom is -0.481 e. The predicted molar refractivity (Wildman–Crippen MR) is 48.7 cm³/mol. The van der Waals surface area contributed by atoms with E-state index in [-0.39, 0.29) is 18.7 Å². The number of carboxylic acid groups (broad SMARTS) is 1. The zero-order valence-electron chi connectivity index (χ0n) is 7.49. The van der Waals surface area contributed by atoms with Crippen LogP contribution in [-0.2, 0) is 9.59 Å². The molecule has 0 saturated carbocycles. The Kier molecular flexibility index (Phi) is 3.66. The van der Waals surface area contributed by atoms with E-state index in [1.54, 1.807) is 6.20 Å². The van der Waals surface area contributed by atoms with Crippen LogP contribution in [0, 0.1) is 0 Å². The summed E-state index contributed by atoms with van der Waals surface area (Å²) in [4.78, 5) is 21.3. The molecular formula is C8H11N3O3. The van der Waals surface area contributed by atoms with Gasteiger partial charge < -0.3 is 10.4 Å². The molecule has 0 atom stereocenters. The topological polar surface area (TPSA) is 95.1 Å². The number of anilines is 1. The molecule has 0 unspecified atom stereocenters.